The minimum Gasteiger partial charge on any atom is -0.347 e. The number of aromatic amines is 1. The summed E-state index contributed by atoms with van der Waals surface area (Å²) in [5.41, 5.74) is 2.68. The quantitative estimate of drug-likeness (QED) is 0.555. The Morgan fingerprint density at radius 1 is 1.19 bits per heavy atom. The highest BCUT2D eigenvalue weighted by Gasteiger charge is 2.14. The molecule has 0 aliphatic carbocycles. The number of hydrogen-bond acceptors (Lipinski definition) is 5. The normalized spacial score (nSPS) is 12.8. The van der Waals surface area contributed by atoms with Gasteiger partial charge in [0.15, 0.2) is 5.65 Å². The molecule has 4 rings (SSSR count). The number of benzene rings is 1. The third-order valence-corrected chi connectivity index (χ3v) is 4.75. The molecule has 1 aromatic carbocycles. The molecular formula is C19H19ClN6O. The molecule has 0 aliphatic heterocycles. The molecule has 4 aromatic rings. The maximum Gasteiger partial charge on any atom is 0.253 e. The van der Waals surface area contributed by atoms with Crippen molar-refractivity contribution in [2.75, 3.05) is 5.32 Å². The van der Waals surface area contributed by atoms with Crippen molar-refractivity contribution in [3.8, 4) is 0 Å². The van der Waals surface area contributed by atoms with Crippen molar-refractivity contribution in [1.29, 1.82) is 0 Å². The molecule has 0 saturated heterocycles. The SMILES string of the molecule is CC(Nc1ncc2ncn(C(C)C)c2n1)c1cc2cc(Cl)ccc2[nH]c1=O. The van der Waals surface area contributed by atoms with Crippen LogP contribution in [0, 0.1) is 0 Å². The van der Waals surface area contributed by atoms with Gasteiger partial charge in [-0.2, -0.15) is 4.98 Å². The third-order valence-electron chi connectivity index (χ3n) is 4.52. The van der Waals surface area contributed by atoms with E-state index in [1.54, 1.807) is 24.7 Å². The van der Waals surface area contributed by atoms with E-state index in [0.717, 1.165) is 22.1 Å². The molecule has 27 heavy (non-hydrogen) atoms. The highest BCUT2D eigenvalue weighted by atomic mass is 35.5. The summed E-state index contributed by atoms with van der Waals surface area (Å²) >= 11 is 6.07. The van der Waals surface area contributed by atoms with E-state index in [0.29, 0.717) is 16.5 Å². The van der Waals surface area contributed by atoms with Gasteiger partial charge in [0, 0.05) is 27.5 Å². The minimum atomic E-state index is -0.287. The Bertz CT molecular complexity index is 1200. The van der Waals surface area contributed by atoms with Gasteiger partial charge in [-0.05, 0) is 45.0 Å². The lowest BCUT2D eigenvalue weighted by Crippen LogP contribution is -2.20. The van der Waals surface area contributed by atoms with Gasteiger partial charge in [0.1, 0.15) is 5.52 Å². The van der Waals surface area contributed by atoms with E-state index in [-0.39, 0.29) is 17.6 Å². The van der Waals surface area contributed by atoms with Crippen LogP contribution >= 0.6 is 11.6 Å². The fourth-order valence-corrected chi connectivity index (χ4v) is 3.24. The number of anilines is 1. The van der Waals surface area contributed by atoms with Gasteiger partial charge in [-0.1, -0.05) is 11.6 Å². The summed E-state index contributed by atoms with van der Waals surface area (Å²) in [6, 6.07) is 7.17. The van der Waals surface area contributed by atoms with Crippen molar-refractivity contribution in [3.63, 3.8) is 0 Å². The lowest BCUT2D eigenvalue weighted by Gasteiger charge is -2.14. The number of H-pyrrole nitrogens is 1. The van der Waals surface area contributed by atoms with Gasteiger partial charge in [0.2, 0.25) is 5.95 Å². The van der Waals surface area contributed by atoms with Crippen molar-refractivity contribution in [2.45, 2.75) is 32.9 Å². The largest absolute Gasteiger partial charge is 0.347 e. The Balaban J connectivity index is 1.69. The smallest absolute Gasteiger partial charge is 0.253 e. The Kier molecular flexibility index (Phi) is 4.31. The van der Waals surface area contributed by atoms with E-state index in [9.17, 15) is 4.79 Å². The minimum absolute atomic E-state index is 0.155. The van der Waals surface area contributed by atoms with Crippen LogP contribution in [0.15, 0.2) is 41.6 Å². The molecule has 0 radical (unpaired) electrons. The number of pyridine rings is 1. The number of fused-ring (bicyclic) bond motifs is 2. The third kappa shape index (κ3) is 3.26. The number of aromatic nitrogens is 5. The van der Waals surface area contributed by atoms with Gasteiger partial charge in [0.25, 0.3) is 5.56 Å². The van der Waals surface area contributed by atoms with Gasteiger partial charge in [-0.15, -0.1) is 0 Å². The predicted molar refractivity (Wildman–Crippen MR) is 107 cm³/mol. The monoisotopic (exact) mass is 382 g/mol. The second-order valence-corrected chi connectivity index (χ2v) is 7.24. The zero-order chi connectivity index (χ0) is 19.1. The van der Waals surface area contributed by atoms with Crippen LogP contribution in [-0.2, 0) is 0 Å². The molecule has 3 heterocycles. The molecule has 3 aromatic heterocycles. The van der Waals surface area contributed by atoms with Crippen molar-refractivity contribution in [1.82, 2.24) is 24.5 Å². The lowest BCUT2D eigenvalue weighted by atomic mass is 10.1. The molecule has 1 unspecified atom stereocenters. The fourth-order valence-electron chi connectivity index (χ4n) is 3.06. The van der Waals surface area contributed by atoms with Crippen LogP contribution in [0.4, 0.5) is 5.95 Å². The Labute approximate surface area is 160 Å². The van der Waals surface area contributed by atoms with Crippen LogP contribution < -0.4 is 10.9 Å². The van der Waals surface area contributed by atoms with Crippen molar-refractivity contribution < 1.29 is 0 Å². The molecule has 0 saturated carbocycles. The highest BCUT2D eigenvalue weighted by molar-refractivity contribution is 6.31. The molecule has 0 aliphatic rings. The second kappa shape index (κ2) is 6.66. The number of nitrogens with one attached hydrogen (secondary N) is 2. The molecule has 8 heteroatoms. The Hall–Kier alpha value is -2.93. The van der Waals surface area contributed by atoms with Crippen LogP contribution in [0.2, 0.25) is 5.02 Å². The van der Waals surface area contributed by atoms with E-state index in [1.807, 2.05) is 23.6 Å². The summed E-state index contributed by atoms with van der Waals surface area (Å²) < 4.78 is 1.98. The maximum absolute atomic E-state index is 12.5. The fraction of sp³-hybridized carbons (Fsp3) is 0.263. The number of halogens is 1. The highest BCUT2D eigenvalue weighted by Crippen LogP contribution is 2.22. The van der Waals surface area contributed by atoms with Crippen LogP contribution in [0.5, 0.6) is 0 Å². The van der Waals surface area contributed by atoms with Crippen LogP contribution in [0.1, 0.15) is 38.4 Å². The molecular weight excluding hydrogens is 364 g/mol. The molecule has 0 amide bonds. The number of imidazole rings is 1. The number of nitrogens with zero attached hydrogens (tertiary/aromatic N) is 4. The molecule has 2 N–H and O–H groups in total. The lowest BCUT2D eigenvalue weighted by molar-refractivity contribution is 0.612. The number of rotatable bonds is 4. The Morgan fingerprint density at radius 3 is 2.78 bits per heavy atom. The zero-order valence-corrected chi connectivity index (χ0v) is 15.9. The van der Waals surface area contributed by atoms with Crippen LogP contribution in [0.3, 0.4) is 0 Å². The average molecular weight is 383 g/mol. The van der Waals surface area contributed by atoms with Gasteiger partial charge in [-0.3, -0.25) is 4.79 Å². The summed E-state index contributed by atoms with van der Waals surface area (Å²) in [5, 5.41) is 4.71. The van der Waals surface area contributed by atoms with Crippen LogP contribution in [0.25, 0.3) is 22.1 Å². The molecule has 0 spiro atoms. The summed E-state index contributed by atoms with van der Waals surface area (Å²) in [4.78, 5) is 28.6. The summed E-state index contributed by atoms with van der Waals surface area (Å²) in [7, 11) is 0. The maximum atomic E-state index is 12.5. The van der Waals surface area contributed by atoms with E-state index in [1.165, 1.54) is 0 Å². The second-order valence-electron chi connectivity index (χ2n) is 6.80. The first-order valence-electron chi connectivity index (χ1n) is 8.71. The summed E-state index contributed by atoms with van der Waals surface area (Å²) in [5.74, 6) is 0.447. The first-order chi connectivity index (χ1) is 12.9. The molecule has 7 nitrogen and oxygen atoms in total. The van der Waals surface area contributed by atoms with Gasteiger partial charge in [-0.25, -0.2) is 9.97 Å². The molecule has 138 valence electrons. The predicted octanol–water partition coefficient (Wildman–Crippen LogP) is 4.08. The van der Waals surface area contributed by atoms with E-state index in [4.69, 9.17) is 11.6 Å². The molecule has 0 fully saturated rings. The Morgan fingerprint density at radius 2 is 2.00 bits per heavy atom. The van der Waals surface area contributed by atoms with Gasteiger partial charge in [0.05, 0.1) is 18.6 Å². The van der Waals surface area contributed by atoms with Crippen LogP contribution in [-0.4, -0.2) is 24.5 Å². The van der Waals surface area contributed by atoms with Crippen molar-refractivity contribution in [2.24, 2.45) is 0 Å². The number of hydrogen-bond donors (Lipinski definition) is 2. The van der Waals surface area contributed by atoms with E-state index >= 15 is 0 Å². The zero-order valence-electron chi connectivity index (χ0n) is 15.2. The molecule has 0 bridgehead atoms. The average Bonchev–Trinajstić information content (AvgIpc) is 3.05. The standard InChI is InChI=1S/C19H19ClN6O/c1-10(2)26-9-22-16-8-21-19(25-17(16)26)23-11(3)14-7-12-6-13(20)4-5-15(12)24-18(14)27/h4-11H,1-3H3,(H,24,27)(H,21,23,25). The first kappa shape index (κ1) is 17.5. The van der Waals surface area contributed by atoms with Gasteiger partial charge < -0.3 is 14.9 Å². The van der Waals surface area contributed by atoms with E-state index < -0.39 is 0 Å². The van der Waals surface area contributed by atoms with Gasteiger partial charge >= 0.3 is 0 Å². The van der Waals surface area contributed by atoms with Crippen molar-refractivity contribution >= 4 is 39.6 Å². The first-order valence-corrected chi connectivity index (χ1v) is 9.09. The van der Waals surface area contributed by atoms with Crippen molar-refractivity contribution in [3.05, 3.63) is 57.7 Å². The molecule has 1 atom stereocenters. The summed E-state index contributed by atoms with van der Waals surface area (Å²) in [6.45, 7) is 6.03. The topological polar surface area (TPSA) is 88.5 Å². The summed E-state index contributed by atoms with van der Waals surface area (Å²) in [6.07, 6.45) is 3.44. The van der Waals surface area contributed by atoms with E-state index in [2.05, 4.69) is 39.1 Å².